The third-order valence-corrected chi connectivity index (χ3v) is 4.35. The molecule has 0 unspecified atom stereocenters. The van der Waals surface area contributed by atoms with E-state index in [0.29, 0.717) is 11.3 Å². The normalized spacial score (nSPS) is 11.3. The molecule has 0 spiro atoms. The fourth-order valence-corrected chi connectivity index (χ4v) is 2.81. The Balaban J connectivity index is 2.24. The van der Waals surface area contributed by atoms with Crippen LogP contribution >= 0.6 is 0 Å². The fourth-order valence-electron chi connectivity index (χ4n) is 1.79. The Morgan fingerprint density at radius 1 is 1.29 bits per heavy atom. The van der Waals surface area contributed by atoms with E-state index in [0.717, 1.165) is 0 Å². The monoisotopic (exact) mass is 305 g/mol. The maximum absolute atomic E-state index is 12.2. The molecule has 0 atom stereocenters. The molecule has 2 rings (SSSR count). The number of primary amides is 1. The molecule has 1 aromatic carbocycles. The molecule has 0 fully saturated rings. The molecule has 7 heteroatoms. The van der Waals surface area contributed by atoms with Crippen LogP contribution in [0.4, 0.5) is 0 Å². The number of rotatable bonds is 5. The molecule has 1 amide bonds. The van der Waals surface area contributed by atoms with Gasteiger partial charge in [-0.2, -0.15) is 0 Å². The average Bonchev–Trinajstić information content (AvgIpc) is 2.46. The van der Waals surface area contributed by atoms with Crippen molar-refractivity contribution in [2.24, 2.45) is 5.73 Å². The van der Waals surface area contributed by atoms with Crippen LogP contribution in [0.25, 0.3) is 0 Å². The topological polar surface area (TPSA) is 102 Å². The van der Waals surface area contributed by atoms with Crippen LogP contribution in [0.1, 0.15) is 21.6 Å². The number of nitrogens with one attached hydrogen (secondary N) is 1. The van der Waals surface area contributed by atoms with E-state index in [9.17, 15) is 13.2 Å². The van der Waals surface area contributed by atoms with Gasteiger partial charge in [-0.1, -0.05) is 12.1 Å². The van der Waals surface area contributed by atoms with Crippen molar-refractivity contribution in [2.75, 3.05) is 0 Å². The lowest BCUT2D eigenvalue weighted by Crippen LogP contribution is -2.24. The van der Waals surface area contributed by atoms with E-state index in [-0.39, 0.29) is 17.0 Å². The van der Waals surface area contributed by atoms with Crippen molar-refractivity contribution >= 4 is 15.9 Å². The van der Waals surface area contributed by atoms with E-state index in [1.54, 1.807) is 37.4 Å². The SMILES string of the molecule is Cc1ccc(S(=O)(=O)NCc2ccccn2)cc1C(N)=O. The maximum atomic E-state index is 12.2. The van der Waals surface area contributed by atoms with Crippen LogP contribution in [-0.4, -0.2) is 19.3 Å². The van der Waals surface area contributed by atoms with Crippen LogP contribution in [0.3, 0.4) is 0 Å². The third-order valence-electron chi connectivity index (χ3n) is 2.95. The summed E-state index contributed by atoms with van der Waals surface area (Å²) in [6.45, 7) is 1.76. The lowest BCUT2D eigenvalue weighted by atomic mass is 10.1. The minimum Gasteiger partial charge on any atom is -0.366 e. The highest BCUT2D eigenvalue weighted by Gasteiger charge is 2.16. The smallest absolute Gasteiger partial charge is 0.249 e. The predicted molar refractivity (Wildman–Crippen MR) is 78.0 cm³/mol. The molecule has 3 N–H and O–H groups in total. The molecular weight excluding hydrogens is 290 g/mol. The second-order valence-corrected chi connectivity index (χ2v) is 6.25. The minimum absolute atomic E-state index is 0.00201. The van der Waals surface area contributed by atoms with Gasteiger partial charge in [-0.25, -0.2) is 13.1 Å². The van der Waals surface area contributed by atoms with Gasteiger partial charge in [-0.3, -0.25) is 9.78 Å². The van der Waals surface area contributed by atoms with E-state index < -0.39 is 15.9 Å². The van der Waals surface area contributed by atoms with Crippen LogP contribution in [0.15, 0.2) is 47.5 Å². The summed E-state index contributed by atoms with van der Waals surface area (Å²) in [5, 5.41) is 0. The van der Waals surface area contributed by atoms with Crippen LogP contribution in [0.5, 0.6) is 0 Å². The van der Waals surface area contributed by atoms with Crippen molar-refractivity contribution in [3.8, 4) is 0 Å². The third kappa shape index (κ3) is 3.65. The largest absolute Gasteiger partial charge is 0.366 e. The van der Waals surface area contributed by atoms with Gasteiger partial charge in [0.2, 0.25) is 15.9 Å². The van der Waals surface area contributed by atoms with Crippen molar-refractivity contribution in [1.82, 2.24) is 9.71 Å². The molecule has 2 aromatic rings. The number of benzene rings is 1. The first kappa shape index (κ1) is 15.1. The van der Waals surface area contributed by atoms with Crippen LogP contribution in [-0.2, 0) is 16.6 Å². The number of sulfonamides is 1. The van der Waals surface area contributed by atoms with Gasteiger partial charge in [0, 0.05) is 11.8 Å². The van der Waals surface area contributed by atoms with Crippen molar-refractivity contribution in [3.05, 3.63) is 59.4 Å². The first-order valence-electron chi connectivity index (χ1n) is 6.20. The second kappa shape index (κ2) is 6.02. The molecule has 0 aliphatic heterocycles. The quantitative estimate of drug-likeness (QED) is 0.859. The number of amides is 1. The van der Waals surface area contributed by atoms with E-state index in [1.165, 1.54) is 12.1 Å². The Morgan fingerprint density at radius 2 is 2.05 bits per heavy atom. The number of hydrogen-bond acceptors (Lipinski definition) is 4. The molecule has 1 aromatic heterocycles. The number of pyridine rings is 1. The zero-order valence-corrected chi connectivity index (χ0v) is 12.2. The number of nitrogens with two attached hydrogens (primary N) is 1. The van der Waals surface area contributed by atoms with Gasteiger partial charge < -0.3 is 5.73 Å². The summed E-state index contributed by atoms with van der Waals surface area (Å²) in [4.78, 5) is 15.3. The summed E-state index contributed by atoms with van der Waals surface area (Å²) in [5.74, 6) is -0.658. The van der Waals surface area contributed by atoms with E-state index in [4.69, 9.17) is 5.73 Å². The Hall–Kier alpha value is -2.25. The minimum atomic E-state index is -3.73. The summed E-state index contributed by atoms with van der Waals surface area (Å²) in [5.41, 5.74) is 6.65. The Bertz CT molecular complexity index is 758. The molecule has 0 radical (unpaired) electrons. The first-order chi connectivity index (χ1) is 9.90. The van der Waals surface area contributed by atoms with Crippen molar-refractivity contribution < 1.29 is 13.2 Å². The Morgan fingerprint density at radius 3 is 2.67 bits per heavy atom. The molecule has 110 valence electrons. The summed E-state index contributed by atoms with van der Waals surface area (Å²) in [6, 6.07) is 9.49. The van der Waals surface area contributed by atoms with Gasteiger partial charge in [0.1, 0.15) is 0 Å². The van der Waals surface area contributed by atoms with Gasteiger partial charge in [0.25, 0.3) is 0 Å². The maximum Gasteiger partial charge on any atom is 0.249 e. The standard InChI is InChI=1S/C14H15N3O3S/c1-10-5-6-12(8-13(10)14(15)18)21(19,20)17-9-11-4-2-3-7-16-11/h2-8,17H,9H2,1H3,(H2,15,18). The summed E-state index contributed by atoms with van der Waals surface area (Å²) in [6.07, 6.45) is 1.58. The Kier molecular flexibility index (Phi) is 4.35. The van der Waals surface area contributed by atoms with Gasteiger partial charge in [-0.05, 0) is 36.8 Å². The number of carbonyl (C=O) groups excluding carboxylic acids is 1. The molecule has 0 aliphatic rings. The second-order valence-electron chi connectivity index (χ2n) is 4.49. The van der Waals surface area contributed by atoms with Gasteiger partial charge >= 0.3 is 0 Å². The van der Waals surface area contributed by atoms with Crippen LogP contribution < -0.4 is 10.5 Å². The van der Waals surface area contributed by atoms with Gasteiger partial charge in [-0.15, -0.1) is 0 Å². The van der Waals surface area contributed by atoms with Crippen LogP contribution in [0, 0.1) is 6.92 Å². The number of hydrogen-bond donors (Lipinski definition) is 2. The van der Waals surface area contributed by atoms with Crippen molar-refractivity contribution in [2.45, 2.75) is 18.4 Å². The molecule has 1 heterocycles. The highest BCUT2D eigenvalue weighted by atomic mass is 32.2. The molecule has 0 bridgehead atoms. The molecule has 21 heavy (non-hydrogen) atoms. The number of nitrogens with zero attached hydrogens (tertiary/aromatic N) is 1. The molecule has 6 nitrogen and oxygen atoms in total. The first-order valence-corrected chi connectivity index (χ1v) is 7.68. The van der Waals surface area contributed by atoms with Crippen LogP contribution in [0.2, 0.25) is 0 Å². The summed E-state index contributed by atoms with van der Waals surface area (Å²) >= 11 is 0. The van der Waals surface area contributed by atoms with Crippen molar-refractivity contribution in [1.29, 1.82) is 0 Å². The zero-order valence-electron chi connectivity index (χ0n) is 11.4. The summed E-state index contributed by atoms with van der Waals surface area (Å²) in [7, 11) is -3.73. The van der Waals surface area contributed by atoms with E-state index >= 15 is 0 Å². The average molecular weight is 305 g/mol. The van der Waals surface area contributed by atoms with Gasteiger partial charge in [0.15, 0.2) is 0 Å². The number of carbonyl (C=O) groups is 1. The predicted octanol–water partition coefficient (Wildman–Crippen LogP) is 0.967. The molecule has 0 aliphatic carbocycles. The van der Waals surface area contributed by atoms with E-state index in [2.05, 4.69) is 9.71 Å². The molecule has 0 saturated heterocycles. The van der Waals surface area contributed by atoms with E-state index in [1.807, 2.05) is 0 Å². The van der Waals surface area contributed by atoms with Crippen molar-refractivity contribution in [3.63, 3.8) is 0 Å². The number of aromatic nitrogens is 1. The highest BCUT2D eigenvalue weighted by Crippen LogP contribution is 2.15. The lowest BCUT2D eigenvalue weighted by Gasteiger charge is -2.09. The summed E-state index contributed by atoms with van der Waals surface area (Å²) < 4.78 is 26.8. The zero-order chi connectivity index (χ0) is 15.5. The number of aryl methyl sites for hydroxylation is 1. The Labute approximate surface area is 123 Å². The lowest BCUT2D eigenvalue weighted by molar-refractivity contribution is 0.0999. The molecular formula is C14H15N3O3S. The molecule has 0 saturated carbocycles. The van der Waals surface area contributed by atoms with Gasteiger partial charge in [0.05, 0.1) is 17.1 Å². The fraction of sp³-hybridized carbons (Fsp3) is 0.143. The highest BCUT2D eigenvalue weighted by molar-refractivity contribution is 7.89.